The Morgan fingerprint density at radius 2 is 1.82 bits per heavy atom. The van der Waals surface area contributed by atoms with Gasteiger partial charge in [0.1, 0.15) is 0 Å². The maximum Gasteiger partial charge on any atom is 0.0195 e. The number of hydrogen-bond donors (Lipinski definition) is 1. The van der Waals surface area contributed by atoms with Crippen LogP contribution in [0.5, 0.6) is 0 Å². The van der Waals surface area contributed by atoms with E-state index in [1.165, 1.54) is 25.8 Å². The highest BCUT2D eigenvalue weighted by molar-refractivity contribution is 4.84. The van der Waals surface area contributed by atoms with Crippen LogP contribution in [0.2, 0.25) is 0 Å². The van der Waals surface area contributed by atoms with Crippen molar-refractivity contribution in [1.29, 1.82) is 0 Å². The minimum atomic E-state index is 0.274. The van der Waals surface area contributed by atoms with Crippen LogP contribution in [0.4, 0.5) is 0 Å². The average Bonchev–Trinajstić information content (AvgIpc) is 3.06. The first-order valence-electron chi connectivity index (χ1n) is 7.36. The van der Waals surface area contributed by atoms with Gasteiger partial charge < -0.3 is 5.32 Å². The van der Waals surface area contributed by atoms with E-state index >= 15 is 0 Å². The van der Waals surface area contributed by atoms with Gasteiger partial charge >= 0.3 is 0 Å². The highest BCUT2D eigenvalue weighted by atomic mass is 15.2. The first kappa shape index (κ1) is 15.0. The van der Waals surface area contributed by atoms with Gasteiger partial charge in [-0.1, -0.05) is 6.92 Å². The van der Waals surface area contributed by atoms with Gasteiger partial charge in [0, 0.05) is 30.7 Å². The maximum absolute atomic E-state index is 3.70. The molecule has 0 aliphatic heterocycles. The molecule has 0 heterocycles. The Balaban J connectivity index is 2.38. The van der Waals surface area contributed by atoms with Crippen LogP contribution in [0.25, 0.3) is 0 Å². The summed E-state index contributed by atoms with van der Waals surface area (Å²) >= 11 is 0. The number of hydrogen-bond acceptors (Lipinski definition) is 2. The molecular weight excluding hydrogens is 208 g/mol. The Morgan fingerprint density at radius 1 is 1.24 bits per heavy atom. The third kappa shape index (κ3) is 5.39. The average molecular weight is 240 g/mol. The lowest BCUT2D eigenvalue weighted by atomic mass is 10.0. The Morgan fingerprint density at radius 3 is 2.24 bits per heavy atom. The molecule has 0 radical (unpaired) electrons. The second-order valence-corrected chi connectivity index (χ2v) is 6.70. The third-order valence-electron chi connectivity index (χ3n) is 4.16. The van der Waals surface area contributed by atoms with E-state index in [4.69, 9.17) is 0 Å². The third-order valence-corrected chi connectivity index (χ3v) is 4.16. The molecule has 0 aromatic carbocycles. The minimum absolute atomic E-state index is 0.274. The second kappa shape index (κ2) is 6.19. The van der Waals surface area contributed by atoms with Gasteiger partial charge in [-0.05, 0) is 59.8 Å². The first-order valence-corrected chi connectivity index (χ1v) is 7.36. The van der Waals surface area contributed by atoms with Gasteiger partial charge in [0.2, 0.25) is 0 Å². The Labute approximate surface area is 108 Å². The van der Waals surface area contributed by atoms with Gasteiger partial charge in [0.15, 0.2) is 0 Å². The van der Waals surface area contributed by atoms with Gasteiger partial charge in [-0.15, -0.1) is 0 Å². The number of nitrogens with one attached hydrogen (secondary N) is 1. The summed E-state index contributed by atoms with van der Waals surface area (Å²) in [5, 5.41) is 3.70. The van der Waals surface area contributed by atoms with Gasteiger partial charge in [-0.25, -0.2) is 0 Å². The second-order valence-electron chi connectivity index (χ2n) is 6.70. The van der Waals surface area contributed by atoms with Crippen molar-refractivity contribution in [2.24, 2.45) is 5.92 Å². The van der Waals surface area contributed by atoms with Crippen molar-refractivity contribution in [3.8, 4) is 0 Å². The summed E-state index contributed by atoms with van der Waals surface area (Å²) in [6.07, 6.45) is 4.08. The highest BCUT2D eigenvalue weighted by Gasteiger charge is 2.28. The fraction of sp³-hybridized carbons (Fsp3) is 1.00. The van der Waals surface area contributed by atoms with Crippen LogP contribution < -0.4 is 5.32 Å². The van der Waals surface area contributed by atoms with Gasteiger partial charge in [-0.3, -0.25) is 4.90 Å². The predicted molar refractivity (Wildman–Crippen MR) is 76.4 cm³/mol. The fourth-order valence-corrected chi connectivity index (χ4v) is 2.16. The molecule has 1 N–H and O–H groups in total. The molecule has 1 unspecified atom stereocenters. The van der Waals surface area contributed by atoms with Crippen molar-refractivity contribution in [2.75, 3.05) is 13.1 Å². The molecule has 0 aromatic heterocycles. The van der Waals surface area contributed by atoms with E-state index in [1.807, 2.05) is 0 Å². The predicted octanol–water partition coefficient (Wildman–Crippen LogP) is 3.27. The van der Waals surface area contributed by atoms with Crippen LogP contribution in [-0.2, 0) is 0 Å². The Bertz CT molecular complexity index is 219. The lowest BCUT2D eigenvalue weighted by molar-refractivity contribution is 0.145. The van der Waals surface area contributed by atoms with E-state index in [0.29, 0.717) is 12.1 Å². The van der Waals surface area contributed by atoms with Crippen LogP contribution in [-0.4, -0.2) is 35.6 Å². The molecule has 1 atom stereocenters. The van der Waals surface area contributed by atoms with Gasteiger partial charge in [0.05, 0.1) is 0 Å². The molecule has 0 spiro atoms. The fourth-order valence-electron chi connectivity index (χ4n) is 2.16. The molecule has 2 heteroatoms. The molecule has 0 aromatic rings. The van der Waals surface area contributed by atoms with E-state index in [1.54, 1.807) is 0 Å². The van der Waals surface area contributed by atoms with Crippen LogP contribution in [0.3, 0.4) is 0 Å². The molecule has 102 valence electrons. The molecule has 1 saturated carbocycles. The van der Waals surface area contributed by atoms with Crippen LogP contribution >= 0.6 is 0 Å². The standard InChI is InChI=1S/C15H32N2/c1-7-15(5,6)16-10-13(4)17(12(2)3)11-14-8-9-14/h12-14,16H,7-11H2,1-6H3. The van der Waals surface area contributed by atoms with Crippen LogP contribution in [0.15, 0.2) is 0 Å². The summed E-state index contributed by atoms with van der Waals surface area (Å²) < 4.78 is 0. The summed E-state index contributed by atoms with van der Waals surface area (Å²) in [6.45, 7) is 16.2. The highest BCUT2D eigenvalue weighted by Crippen LogP contribution is 2.30. The van der Waals surface area contributed by atoms with E-state index in [-0.39, 0.29) is 5.54 Å². The topological polar surface area (TPSA) is 15.3 Å². The zero-order valence-corrected chi connectivity index (χ0v) is 12.7. The first-order chi connectivity index (χ1) is 7.85. The zero-order valence-electron chi connectivity index (χ0n) is 12.7. The number of rotatable bonds is 8. The monoisotopic (exact) mass is 240 g/mol. The summed E-state index contributed by atoms with van der Waals surface area (Å²) in [5.74, 6) is 0.985. The molecular formula is C15H32N2. The maximum atomic E-state index is 3.70. The zero-order chi connectivity index (χ0) is 13.1. The van der Waals surface area contributed by atoms with Gasteiger partial charge in [-0.2, -0.15) is 0 Å². The molecule has 2 nitrogen and oxygen atoms in total. The molecule has 0 bridgehead atoms. The van der Waals surface area contributed by atoms with Crippen LogP contribution in [0, 0.1) is 5.92 Å². The summed E-state index contributed by atoms with van der Waals surface area (Å²) in [5.41, 5.74) is 0.274. The minimum Gasteiger partial charge on any atom is -0.310 e. The lowest BCUT2D eigenvalue weighted by Crippen LogP contribution is -2.49. The smallest absolute Gasteiger partial charge is 0.0195 e. The molecule has 17 heavy (non-hydrogen) atoms. The summed E-state index contributed by atoms with van der Waals surface area (Å²) in [7, 11) is 0. The Kier molecular flexibility index (Phi) is 5.46. The SMILES string of the molecule is CCC(C)(C)NCC(C)N(CC1CC1)C(C)C. The summed E-state index contributed by atoms with van der Waals surface area (Å²) in [4.78, 5) is 2.66. The molecule has 1 fully saturated rings. The quantitative estimate of drug-likeness (QED) is 0.700. The molecule has 1 aliphatic rings. The Hall–Kier alpha value is -0.0800. The van der Waals surface area contributed by atoms with E-state index in [2.05, 4.69) is 51.8 Å². The van der Waals surface area contributed by atoms with Gasteiger partial charge in [0.25, 0.3) is 0 Å². The van der Waals surface area contributed by atoms with Crippen LogP contribution in [0.1, 0.15) is 60.8 Å². The normalized spacial score (nSPS) is 19.1. The molecule has 1 aliphatic carbocycles. The molecule has 1 rings (SSSR count). The van der Waals surface area contributed by atoms with E-state index < -0.39 is 0 Å². The summed E-state index contributed by atoms with van der Waals surface area (Å²) in [6, 6.07) is 1.30. The van der Waals surface area contributed by atoms with E-state index in [9.17, 15) is 0 Å². The van der Waals surface area contributed by atoms with Crippen molar-refractivity contribution in [3.05, 3.63) is 0 Å². The largest absolute Gasteiger partial charge is 0.310 e. The van der Waals surface area contributed by atoms with E-state index in [0.717, 1.165) is 12.5 Å². The van der Waals surface area contributed by atoms with Crippen molar-refractivity contribution in [2.45, 2.75) is 78.4 Å². The van der Waals surface area contributed by atoms with Crippen molar-refractivity contribution >= 4 is 0 Å². The number of nitrogens with zero attached hydrogens (tertiary/aromatic N) is 1. The van der Waals surface area contributed by atoms with Crippen molar-refractivity contribution in [1.82, 2.24) is 10.2 Å². The van der Waals surface area contributed by atoms with Crippen molar-refractivity contribution in [3.63, 3.8) is 0 Å². The molecule has 0 amide bonds. The van der Waals surface area contributed by atoms with Crippen molar-refractivity contribution < 1.29 is 0 Å². The lowest BCUT2D eigenvalue weighted by Gasteiger charge is -2.35. The molecule has 0 saturated heterocycles.